The standard InChI is InChI=1S/C30H30ClF2N3O2/c1-18(2)19-6-8-35(9-7-19)24-13-21(12-22(32)15-24)26-17-23(33)16-25(29(26)37)20-4-5-28(27(31)14-20)36-11-10-34(3)30(36)38/h4-5,10-19,37H,6-9H2,1-3H3. The van der Waals surface area contributed by atoms with Crippen LogP contribution in [0.2, 0.25) is 5.02 Å². The van der Waals surface area contributed by atoms with Gasteiger partial charge in [-0.15, -0.1) is 0 Å². The van der Waals surface area contributed by atoms with E-state index in [-0.39, 0.29) is 27.6 Å². The van der Waals surface area contributed by atoms with Gasteiger partial charge in [0.15, 0.2) is 0 Å². The number of hydrogen-bond donors (Lipinski definition) is 1. The molecule has 38 heavy (non-hydrogen) atoms. The summed E-state index contributed by atoms with van der Waals surface area (Å²) in [6.45, 7) is 6.10. The molecule has 0 saturated carbocycles. The lowest BCUT2D eigenvalue weighted by Crippen LogP contribution is -2.35. The van der Waals surface area contributed by atoms with E-state index in [9.17, 15) is 18.7 Å². The zero-order valence-corrected chi connectivity index (χ0v) is 22.3. The molecule has 0 radical (unpaired) electrons. The van der Waals surface area contributed by atoms with Gasteiger partial charge < -0.3 is 14.6 Å². The first-order valence-electron chi connectivity index (χ1n) is 12.7. The lowest BCUT2D eigenvalue weighted by atomic mass is 9.86. The number of halogens is 3. The maximum Gasteiger partial charge on any atom is 0.332 e. The molecule has 8 heteroatoms. The second kappa shape index (κ2) is 10.3. The number of aryl methyl sites for hydroxylation is 1. The predicted molar refractivity (Wildman–Crippen MR) is 148 cm³/mol. The van der Waals surface area contributed by atoms with Gasteiger partial charge in [-0.1, -0.05) is 31.5 Å². The van der Waals surface area contributed by atoms with Crippen LogP contribution in [-0.4, -0.2) is 27.3 Å². The Morgan fingerprint density at radius 2 is 1.58 bits per heavy atom. The minimum absolute atomic E-state index is 0.179. The van der Waals surface area contributed by atoms with Gasteiger partial charge in [0.05, 0.1) is 10.7 Å². The first kappa shape index (κ1) is 26.0. The van der Waals surface area contributed by atoms with Gasteiger partial charge in [0, 0.05) is 49.3 Å². The van der Waals surface area contributed by atoms with Crippen LogP contribution in [0.4, 0.5) is 14.5 Å². The van der Waals surface area contributed by atoms with Crippen molar-refractivity contribution in [1.82, 2.24) is 9.13 Å². The van der Waals surface area contributed by atoms with Crippen LogP contribution >= 0.6 is 11.6 Å². The summed E-state index contributed by atoms with van der Waals surface area (Å²) in [5.41, 5.74) is 2.19. The third-order valence-corrected chi connectivity index (χ3v) is 7.88. The van der Waals surface area contributed by atoms with Crippen LogP contribution in [0.15, 0.2) is 65.7 Å². The zero-order valence-electron chi connectivity index (χ0n) is 21.6. The third-order valence-electron chi connectivity index (χ3n) is 7.58. The van der Waals surface area contributed by atoms with Crippen LogP contribution in [0.25, 0.3) is 27.9 Å². The number of phenolic OH excluding ortho intramolecular Hbond substituents is 1. The lowest BCUT2D eigenvalue weighted by Gasteiger charge is -2.35. The van der Waals surface area contributed by atoms with Crippen LogP contribution in [0, 0.1) is 23.5 Å². The molecule has 1 saturated heterocycles. The number of aromatic nitrogens is 2. The number of piperidine rings is 1. The van der Waals surface area contributed by atoms with E-state index in [1.165, 1.54) is 33.4 Å². The predicted octanol–water partition coefficient (Wildman–Crippen LogP) is 7.02. The molecule has 2 heterocycles. The van der Waals surface area contributed by atoms with E-state index < -0.39 is 11.6 Å². The van der Waals surface area contributed by atoms with E-state index in [4.69, 9.17) is 11.6 Å². The van der Waals surface area contributed by atoms with Gasteiger partial charge >= 0.3 is 5.69 Å². The highest BCUT2D eigenvalue weighted by molar-refractivity contribution is 6.32. The van der Waals surface area contributed by atoms with Crippen molar-refractivity contribution in [1.29, 1.82) is 0 Å². The molecule has 1 N–H and O–H groups in total. The number of phenols is 1. The molecule has 198 valence electrons. The van der Waals surface area contributed by atoms with Crippen molar-refractivity contribution in [2.24, 2.45) is 18.9 Å². The van der Waals surface area contributed by atoms with Gasteiger partial charge in [-0.2, -0.15) is 0 Å². The molecule has 1 aliphatic heterocycles. The smallest absolute Gasteiger partial charge is 0.332 e. The summed E-state index contributed by atoms with van der Waals surface area (Å²) in [5, 5.41) is 11.5. The maximum absolute atomic E-state index is 14.9. The highest BCUT2D eigenvalue weighted by Crippen LogP contribution is 2.41. The van der Waals surface area contributed by atoms with Gasteiger partial charge in [-0.05, 0) is 78.3 Å². The maximum atomic E-state index is 14.9. The monoisotopic (exact) mass is 537 g/mol. The highest BCUT2D eigenvalue weighted by Gasteiger charge is 2.23. The molecule has 4 aromatic rings. The minimum Gasteiger partial charge on any atom is -0.507 e. The number of benzene rings is 3. The fourth-order valence-corrected chi connectivity index (χ4v) is 5.56. The third kappa shape index (κ3) is 4.95. The van der Waals surface area contributed by atoms with Crippen LogP contribution in [0.5, 0.6) is 5.75 Å². The summed E-state index contributed by atoms with van der Waals surface area (Å²) < 4.78 is 32.5. The van der Waals surface area contributed by atoms with Gasteiger partial charge in [0.1, 0.15) is 17.4 Å². The molecule has 0 spiro atoms. The molecule has 0 aliphatic carbocycles. The summed E-state index contributed by atoms with van der Waals surface area (Å²) >= 11 is 6.50. The molecule has 1 fully saturated rings. The lowest BCUT2D eigenvalue weighted by molar-refractivity contribution is 0.311. The normalized spacial score (nSPS) is 14.4. The highest BCUT2D eigenvalue weighted by atomic mass is 35.5. The fourth-order valence-electron chi connectivity index (χ4n) is 5.29. The van der Waals surface area contributed by atoms with Crippen LogP contribution in [0.3, 0.4) is 0 Å². The average molecular weight is 538 g/mol. The van der Waals surface area contributed by atoms with Gasteiger partial charge in [0.2, 0.25) is 0 Å². The van der Waals surface area contributed by atoms with Gasteiger partial charge in [-0.25, -0.2) is 13.6 Å². The van der Waals surface area contributed by atoms with E-state index in [1.54, 1.807) is 43.7 Å². The van der Waals surface area contributed by atoms with E-state index >= 15 is 0 Å². The van der Waals surface area contributed by atoms with E-state index in [1.807, 2.05) is 0 Å². The van der Waals surface area contributed by atoms with Crippen molar-refractivity contribution >= 4 is 17.3 Å². The Kier molecular flexibility index (Phi) is 7.05. The second-order valence-corrected chi connectivity index (χ2v) is 10.8. The molecule has 5 nitrogen and oxygen atoms in total. The van der Waals surface area contributed by atoms with Crippen molar-refractivity contribution in [2.75, 3.05) is 18.0 Å². The molecule has 0 atom stereocenters. The first-order valence-corrected chi connectivity index (χ1v) is 13.1. The Morgan fingerprint density at radius 1 is 0.921 bits per heavy atom. The average Bonchev–Trinajstić information content (AvgIpc) is 3.22. The molecule has 5 rings (SSSR count). The summed E-state index contributed by atoms with van der Waals surface area (Å²) in [4.78, 5) is 14.5. The number of aromatic hydroxyl groups is 1. The number of imidazole rings is 1. The van der Waals surface area contributed by atoms with Crippen molar-refractivity contribution in [3.05, 3.63) is 88.1 Å². The fraction of sp³-hybridized carbons (Fsp3) is 0.300. The molecule has 3 aromatic carbocycles. The Labute approximate surface area is 225 Å². The topological polar surface area (TPSA) is 50.4 Å². The van der Waals surface area contributed by atoms with Crippen molar-refractivity contribution in [2.45, 2.75) is 26.7 Å². The van der Waals surface area contributed by atoms with Gasteiger partial charge in [0.25, 0.3) is 0 Å². The number of anilines is 1. The molecular weight excluding hydrogens is 508 g/mol. The molecule has 0 amide bonds. The van der Waals surface area contributed by atoms with E-state index in [0.717, 1.165) is 25.9 Å². The summed E-state index contributed by atoms with van der Waals surface area (Å²) in [6.07, 6.45) is 5.29. The summed E-state index contributed by atoms with van der Waals surface area (Å²) in [6, 6.07) is 11.9. The summed E-state index contributed by atoms with van der Waals surface area (Å²) in [7, 11) is 1.64. The Bertz CT molecular complexity index is 1550. The second-order valence-electron chi connectivity index (χ2n) is 10.3. The van der Waals surface area contributed by atoms with E-state index in [0.29, 0.717) is 34.3 Å². The van der Waals surface area contributed by atoms with Crippen LogP contribution in [-0.2, 0) is 7.05 Å². The SMILES string of the molecule is CC(C)C1CCN(c2cc(F)cc(-c3cc(F)cc(-c4ccc(-n5ccn(C)c5=O)c(Cl)c4)c3O)c2)CC1. The summed E-state index contributed by atoms with van der Waals surface area (Å²) in [5.74, 6) is 0.0549. The Morgan fingerprint density at radius 3 is 2.18 bits per heavy atom. The zero-order chi connectivity index (χ0) is 27.1. The molecule has 1 aliphatic rings. The molecule has 1 aromatic heterocycles. The number of nitrogens with zero attached hydrogens (tertiary/aromatic N) is 3. The van der Waals surface area contributed by atoms with Crippen molar-refractivity contribution < 1.29 is 13.9 Å². The van der Waals surface area contributed by atoms with Crippen LogP contribution in [0.1, 0.15) is 26.7 Å². The van der Waals surface area contributed by atoms with Gasteiger partial charge in [-0.3, -0.25) is 4.57 Å². The number of rotatable bonds is 5. The Balaban J connectivity index is 1.51. The largest absolute Gasteiger partial charge is 0.507 e. The molecule has 0 bridgehead atoms. The van der Waals surface area contributed by atoms with Crippen molar-refractivity contribution in [3.63, 3.8) is 0 Å². The Hall–Kier alpha value is -3.58. The quantitative estimate of drug-likeness (QED) is 0.297. The van der Waals surface area contributed by atoms with Crippen LogP contribution < -0.4 is 10.6 Å². The number of hydrogen-bond acceptors (Lipinski definition) is 3. The van der Waals surface area contributed by atoms with E-state index in [2.05, 4.69) is 18.7 Å². The minimum atomic E-state index is -0.573. The van der Waals surface area contributed by atoms with Crippen molar-refractivity contribution in [3.8, 4) is 33.7 Å². The molecule has 0 unspecified atom stereocenters. The first-order chi connectivity index (χ1) is 18.1. The molecular formula is C30H30ClF2N3O2.